The monoisotopic (exact) mass is 225 g/mol. The van der Waals surface area contributed by atoms with Crippen LogP contribution in [0.5, 0.6) is 0 Å². The fraction of sp³-hybridized carbons (Fsp3) is 0.818. The maximum Gasteiger partial charge on any atom is 0.244 e. The zero-order chi connectivity index (χ0) is 11.7. The number of carbonyl (C=O) groups excluding carboxylic acids is 2. The lowest BCUT2D eigenvalue weighted by atomic mass is 10.1. The first kappa shape index (κ1) is 11.4. The summed E-state index contributed by atoms with van der Waals surface area (Å²) in [5.41, 5.74) is 5.86. The number of hydrogen-bond acceptors (Lipinski definition) is 3. The number of nitrogens with zero attached hydrogens (tertiary/aromatic N) is 1. The standard InChI is InChI=1S/C11H19N3O2/c1-14-5-4-9(11(14)16)13-10(15)6-8(12)7-2-3-7/h7-9H,2-6,12H2,1H3,(H,13,15). The predicted octanol–water partition coefficient (Wildman–Crippen LogP) is -0.539. The highest BCUT2D eigenvalue weighted by molar-refractivity contribution is 5.89. The number of nitrogens with one attached hydrogen (secondary N) is 1. The molecular formula is C11H19N3O2. The quantitative estimate of drug-likeness (QED) is 0.674. The van der Waals surface area contributed by atoms with Gasteiger partial charge in [0.25, 0.3) is 0 Å². The smallest absolute Gasteiger partial charge is 0.244 e. The number of likely N-dealkylation sites (N-methyl/N-ethyl adjacent to an activating group) is 1. The number of amides is 2. The van der Waals surface area contributed by atoms with Crippen LogP contribution < -0.4 is 11.1 Å². The summed E-state index contributed by atoms with van der Waals surface area (Å²) in [7, 11) is 1.75. The minimum atomic E-state index is -0.330. The van der Waals surface area contributed by atoms with E-state index in [4.69, 9.17) is 5.73 Å². The Labute approximate surface area is 95.3 Å². The van der Waals surface area contributed by atoms with Crippen LogP contribution in [0.1, 0.15) is 25.7 Å². The van der Waals surface area contributed by atoms with Gasteiger partial charge in [0.2, 0.25) is 11.8 Å². The largest absolute Gasteiger partial charge is 0.344 e. The maximum absolute atomic E-state index is 11.6. The molecule has 0 bridgehead atoms. The zero-order valence-electron chi connectivity index (χ0n) is 9.61. The number of hydrogen-bond donors (Lipinski definition) is 2. The molecule has 0 aromatic rings. The molecule has 2 rings (SSSR count). The summed E-state index contributed by atoms with van der Waals surface area (Å²) in [5.74, 6) is 0.439. The summed E-state index contributed by atoms with van der Waals surface area (Å²) in [6.07, 6.45) is 3.33. The number of rotatable bonds is 4. The van der Waals surface area contributed by atoms with E-state index in [1.54, 1.807) is 11.9 Å². The average molecular weight is 225 g/mol. The van der Waals surface area contributed by atoms with Crippen LogP contribution in [0.2, 0.25) is 0 Å². The fourth-order valence-corrected chi connectivity index (χ4v) is 2.11. The van der Waals surface area contributed by atoms with Crippen molar-refractivity contribution in [1.29, 1.82) is 0 Å². The van der Waals surface area contributed by atoms with Crippen molar-refractivity contribution in [2.45, 2.75) is 37.8 Å². The Bertz CT molecular complexity index is 302. The highest BCUT2D eigenvalue weighted by atomic mass is 16.2. The third-order valence-electron chi connectivity index (χ3n) is 3.41. The van der Waals surface area contributed by atoms with E-state index in [9.17, 15) is 9.59 Å². The molecule has 1 saturated carbocycles. The Morgan fingerprint density at radius 2 is 2.25 bits per heavy atom. The molecule has 1 heterocycles. The molecule has 2 fully saturated rings. The maximum atomic E-state index is 11.6. The minimum absolute atomic E-state index is 0.00773. The summed E-state index contributed by atoms with van der Waals surface area (Å²) >= 11 is 0. The van der Waals surface area contributed by atoms with Crippen molar-refractivity contribution in [3.05, 3.63) is 0 Å². The van der Waals surface area contributed by atoms with Gasteiger partial charge in [-0.25, -0.2) is 0 Å². The summed E-state index contributed by atoms with van der Waals surface area (Å²) < 4.78 is 0. The van der Waals surface area contributed by atoms with Gasteiger partial charge in [-0.1, -0.05) is 0 Å². The third-order valence-corrected chi connectivity index (χ3v) is 3.41. The Balaban J connectivity index is 1.76. The van der Waals surface area contributed by atoms with Crippen LogP contribution in [-0.2, 0) is 9.59 Å². The second-order valence-electron chi connectivity index (χ2n) is 4.87. The Hall–Kier alpha value is -1.10. The van der Waals surface area contributed by atoms with Gasteiger partial charge < -0.3 is 16.0 Å². The van der Waals surface area contributed by atoms with Crippen LogP contribution in [0.15, 0.2) is 0 Å². The van der Waals surface area contributed by atoms with Gasteiger partial charge >= 0.3 is 0 Å². The molecule has 0 aromatic carbocycles. The molecule has 1 saturated heterocycles. The van der Waals surface area contributed by atoms with Crippen LogP contribution in [0.4, 0.5) is 0 Å². The van der Waals surface area contributed by atoms with E-state index in [0.29, 0.717) is 18.8 Å². The van der Waals surface area contributed by atoms with Gasteiger partial charge in [0, 0.05) is 26.1 Å². The lowest BCUT2D eigenvalue weighted by molar-refractivity contribution is -0.132. The van der Waals surface area contributed by atoms with Crippen molar-refractivity contribution >= 4 is 11.8 Å². The van der Waals surface area contributed by atoms with Crippen molar-refractivity contribution in [2.24, 2.45) is 11.7 Å². The Kier molecular flexibility index (Phi) is 3.14. The van der Waals surface area contributed by atoms with Gasteiger partial charge in [-0.3, -0.25) is 9.59 Å². The first-order chi connectivity index (χ1) is 7.58. The molecule has 0 spiro atoms. The van der Waals surface area contributed by atoms with E-state index in [0.717, 1.165) is 19.4 Å². The first-order valence-electron chi connectivity index (χ1n) is 5.88. The summed E-state index contributed by atoms with van der Waals surface area (Å²) in [4.78, 5) is 24.8. The summed E-state index contributed by atoms with van der Waals surface area (Å²) in [6, 6.07) is -0.363. The van der Waals surface area contributed by atoms with Gasteiger partial charge in [0.1, 0.15) is 6.04 Å². The number of likely N-dealkylation sites (tertiary alicyclic amines) is 1. The minimum Gasteiger partial charge on any atom is -0.344 e. The van der Waals surface area contributed by atoms with Crippen molar-refractivity contribution in [1.82, 2.24) is 10.2 Å². The predicted molar refractivity (Wildman–Crippen MR) is 59.5 cm³/mol. The Morgan fingerprint density at radius 1 is 1.56 bits per heavy atom. The van der Waals surface area contributed by atoms with E-state index < -0.39 is 0 Å². The van der Waals surface area contributed by atoms with E-state index in [1.165, 1.54) is 0 Å². The summed E-state index contributed by atoms with van der Waals surface area (Å²) in [5, 5.41) is 2.76. The topological polar surface area (TPSA) is 75.4 Å². The molecule has 2 unspecified atom stereocenters. The van der Waals surface area contributed by atoms with E-state index >= 15 is 0 Å². The van der Waals surface area contributed by atoms with Crippen molar-refractivity contribution in [2.75, 3.05) is 13.6 Å². The molecule has 1 aliphatic heterocycles. The zero-order valence-corrected chi connectivity index (χ0v) is 9.61. The van der Waals surface area contributed by atoms with E-state index in [1.807, 2.05) is 0 Å². The molecule has 0 radical (unpaired) electrons. The lowest BCUT2D eigenvalue weighted by Crippen LogP contribution is -2.42. The van der Waals surface area contributed by atoms with Crippen molar-refractivity contribution < 1.29 is 9.59 Å². The van der Waals surface area contributed by atoms with Gasteiger partial charge in [-0.2, -0.15) is 0 Å². The van der Waals surface area contributed by atoms with Crippen LogP contribution in [-0.4, -0.2) is 42.4 Å². The molecule has 2 amide bonds. The third kappa shape index (κ3) is 2.52. The SMILES string of the molecule is CN1CCC(NC(=O)CC(N)C2CC2)C1=O. The highest BCUT2D eigenvalue weighted by Gasteiger charge is 2.33. The molecule has 2 aliphatic rings. The van der Waals surface area contributed by atoms with E-state index in [2.05, 4.69) is 5.32 Å². The molecule has 5 heteroatoms. The van der Waals surface area contributed by atoms with Gasteiger partial charge in [-0.15, -0.1) is 0 Å². The molecular weight excluding hydrogens is 206 g/mol. The molecule has 5 nitrogen and oxygen atoms in total. The van der Waals surface area contributed by atoms with Gasteiger partial charge in [0.15, 0.2) is 0 Å². The number of carbonyl (C=O) groups is 2. The second kappa shape index (κ2) is 4.41. The fourth-order valence-electron chi connectivity index (χ4n) is 2.11. The molecule has 0 aromatic heterocycles. The molecule has 90 valence electrons. The molecule has 1 aliphatic carbocycles. The van der Waals surface area contributed by atoms with Gasteiger partial charge in [-0.05, 0) is 25.2 Å². The molecule has 3 N–H and O–H groups in total. The average Bonchev–Trinajstić information content (AvgIpc) is 3.02. The van der Waals surface area contributed by atoms with E-state index in [-0.39, 0.29) is 23.9 Å². The van der Waals surface area contributed by atoms with Crippen molar-refractivity contribution in [3.63, 3.8) is 0 Å². The highest BCUT2D eigenvalue weighted by Crippen LogP contribution is 2.32. The van der Waals surface area contributed by atoms with Crippen molar-refractivity contribution in [3.8, 4) is 0 Å². The summed E-state index contributed by atoms with van der Waals surface area (Å²) in [6.45, 7) is 0.721. The molecule has 2 atom stereocenters. The van der Waals surface area contributed by atoms with Crippen LogP contribution >= 0.6 is 0 Å². The molecule has 16 heavy (non-hydrogen) atoms. The van der Waals surface area contributed by atoms with Crippen LogP contribution in [0, 0.1) is 5.92 Å². The number of nitrogens with two attached hydrogens (primary N) is 1. The van der Waals surface area contributed by atoms with Crippen LogP contribution in [0.25, 0.3) is 0 Å². The second-order valence-corrected chi connectivity index (χ2v) is 4.87. The van der Waals surface area contributed by atoms with Crippen LogP contribution in [0.3, 0.4) is 0 Å². The van der Waals surface area contributed by atoms with Gasteiger partial charge in [0.05, 0.1) is 0 Å². The lowest BCUT2D eigenvalue weighted by Gasteiger charge is -2.14. The Morgan fingerprint density at radius 3 is 2.75 bits per heavy atom. The first-order valence-corrected chi connectivity index (χ1v) is 5.88. The normalized spacial score (nSPS) is 27.0.